The van der Waals surface area contributed by atoms with Crippen molar-refractivity contribution in [2.45, 2.75) is 39.8 Å². The molecule has 0 bridgehead atoms. The number of rotatable bonds is 4. The maximum absolute atomic E-state index is 12.1. The predicted molar refractivity (Wildman–Crippen MR) is 79.9 cm³/mol. The van der Waals surface area contributed by atoms with Crippen molar-refractivity contribution in [3.8, 4) is 0 Å². The minimum atomic E-state index is -0.230. The lowest BCUT2D eigenvalue weighted by Gasteiger charge is -2.26. The van der Waals surface area contributed by atoms with Gasteiger partial charge in [0.05, 0.1) is 0 Å². The number of amides is 1. The third-order valence-corrected chi connectivity index (χ3v) is 3.90. The molecule has 0 aliphatic rings. The van der Waals surface area contributed by atoms with Crippen LogP contribution < -0.4 is 5.32 Å². The average molecular weight is 313 g/mol. The van der Waals surface area contributed by atoms with Gasteiger partial charge in [0.15, 0.2) is 0 Å². The number of benzene rings is 1. The Morgan fingerprint density at radius 2 is 1.94 bits per heavy atom. The number of aryl methyl sites for hydroxylation is 1. The molecule has 18 heavy (non-hydrogen) atoms. The second kappa shape index (κ2) is 6.23. The van der Waals surface area contributed by atoms with Gasteiger partial charge in [-0.05, 0) is 45.4 Å². The summed E-state index contributed by atoms with van der Waals surface area (Å²) in [5.41, 5.74) is 2.13. The van der Waals surface area contributed by atoms with Crippen LogP contribution in [-0.2, 0) is 4.79 Å². The fourth-order valence-corrected chi connectivity index (χ4v) is 1.93. The molecule has 4 heteroatoms. The molecule has 1 aromatic rings. The summed E-state index contributed by atoms with van der Waals surface area (Å²) in [6.45, 7) is 7.93. The molecule has 3 nitrogen and oxygen atoms in total. The van der Waals surface area contributed by atoms with Gasteiger partial charge in [-0.3, -0.25) is 4.79 Å². The van der Waals surface area contributed by atoms with Crippen LogP contribution in [0.3, 0.4) is 0 Å². The zero-order valence-corrected chi connectivity index (χ0v) is 13.2. The average Bonchev–Trinajstić information content (AvgIpc) is 2.31. The van der Waals surface area contributed by atoms with Crippen LogP contribution in [-0.4, -0.2) is 29.9 Å². The van der Waals surface area contributed by atoms with Crippen molar-refractivity contribution in [2.24, 2.45) is 0 Å². The van der Waals surface area contributed by atoms with Gasteiger partial charge in [0.2, 0.25) is 5.91 Å². The number of anilines is 1. The van der Waals surface area contributed by atoms with Gasteiger partial charge in [-0.15, -0.1) is 0 Å². The summed E-state index contributed by atoms with van der Waals surface area (Å²) in [7, 11) is 1.83. The highest BCUT2D eigenvalue weighted by atomic mass is 79.9. The molecule has 0 aromatic heterocycles. The SMILES string of the molecule is Cc1ccc(N[C@@H](C)C(=O)N(C)C(C)C)cc1Br. The van der Waals surface area contributed by atoms with Crippen molar-refractivity contribution in [1.29, 1.82) is 0 Å². The number of nitrogens with zero attached hydrogens (tertiary/aromatic N) is 1. The highest BCUT2D eigenvalue weighted by molar-refractivity contribution is 9.10. The first-order valence-electron chi connectivity index (χ1n) is 6.12. The first-order valence-corrected chi connectivity index (χ1v) is 6.91. The Morgan fingerprint density at radius 3 is 2.44 bits per heavy atom. The summed E-state index contributed by atoms with van der Waals surface area (Å²) in [5.74, 6) is 0.0988. The topological polar surface area (TPSA) is 32.3 Å². The molecule has 100 valence electrons. The van der Waals surface area contributed by atoms with Gasteiger partial charge in [-0.1, -0.05) is 22.0 Å². The van der Waals surface area contributed by atoms with Crippen molar-refractivity contribution in [3.05, 3.63) is 28.2 Å². The van der Waals surface area contributed by atoms with E-state index < -0.39 is 0 Å². The fraction of sp³-hybridized carbons (Fsp3) is 0.500. The zero-order valence-electron chi connectivity index (χ0n) is 11.6. The highest BCUT2D eigenvalue weighted by Gasteiger charge is 2.19. The molecule has 0 fully saturated rings. The van der Waals surface area contributed by atoms with E-state index in [0.29, 0.717) is 0 Å². The molecule has 0 radical (unpaired) electrons. The van der Waals surface area contributed by atoms with Gasteiger partial charge >= 0.3 is 0 Å². The van der Waals surface area contributed by atoms with E-state index in [9.17, 15) is 4.79 Å². The van der Waals surface area contributed by atoms with Crippen LogP contribution in [0.5, 0.6) is 0 Å². The Hall–Kier alpha value is -1.03. The number of halogens is 1. The Balaban J connectivity index is 2.72. The second-order valence-electron chi connectivity index (χ2n) is 4.87. The first kappa shape index (κ1) is 15.0. The molecule has 0 aliphatic carbocycles. The van der Waals surface area contributed by atoms with Crippen LogP contribution in [0.15, 0.2) is 22.7 Å². The Bertz CT molecular complexity index is 432. The number of carbonyl (C=O) groups excluding carboxylic acids is 1. The fourth-order valence-electron chi connectivity index (χ4n) is 1.55. The number of hydrogen-bond donors (Lipinski definition) is 1. The van der Waals surface area contributed by atoms with E-state index in [2.05, 4.69) is 21.2 Å². The van der Waals surface area contributed by atoms with Gasteiger partial charge in [0.1, 0.15) is 6.04 Å². The third-order valence-electron chi connectivity index (χ3n) is 3.05. The van der Waals surface area contributed by atoms with Crippen LogP contribution in [0.1, 0.15) is 26.3 Å². The normalized spacial score (nSPS) is 12.4. The lowest BCUT2D eigenvalue weighted by Crippen LogP contribution is -2.42. The van der Waals surface area contributed by atoms with Crippen molar-refractivity contribution >= 4 is 27.5 Å². The van der Waals surface area contributed by atoms with E-state index >= 15 is 0 Å². The van der Waals surface area contributed by atoms with Crippen LogP contribution in [0, 0.1) is 6.92 Å². The van der Waals surface area contributed by atoms with Crippen molar-refractivity contribution < 1.29 is 4.79 Å². The maximum Gasteiger partial charge on any atom is 0.244 e. The molecule has 1 rings (SSSR count). The molecule has 1 aromatic carbocycles. The van der Waals surface area contributed by atoms with Gasteiger partial charge in [-0.25, -0.2) is 0 Å². The van der Waals surface area contributed by atoms with E-state index in [1.54, 1.807) is 4.90 Å². The molecule has 0 aliphatic heterocycles. The van der Waals surface area contributed by atoms with Crippen molar-refractivity contribution in [3.63, 3.8) is 0 Å². The van der Waals surface area contributed by atoms with Crippen LogP contribution in [0.25, 0.3) is 0 Å². The van der Waals surface area contributed by atoms with E-state index in [1.165, 1.54) is 5.56 Å². The third kappa shape index (κ3) is 3.73. The second-order valence-corrected chi connectivity index (χ2v) is 5.73. The van der Waals surface area contributed by atoms with Gasteiger partial charge in [0, 0.05) is 23.2 Å². The molecule has 0 spiro atoms. The molecule has 0 saturated carbocycles. The quantitative estimate of drug-likeness (QED) is 0.924. The van der Waals surface area contributed by atoms with Gasteiger partial charge in [-0.2, -0.15) is 0 Å². The smallest absolute Gasteiger partial charge is 0.244 e. The highest BCUT2D eigenvalue weighted by Crippen LogP contribution is 2.21. The summed E-state index contributed by atoms with van der Waals surface area (Å²) in [4.78, 5) is 13.8. The number of likely N-dealkylation sites (N-methyl/N-ethyl adjacent to an activating group) is 1. The summed E-state index contributed by atoms with van der Waals surface area (Å²) in [6.07, 6.45) is 0. The monoisotopic (exact) mass is 312 g/mol. The summed E-state index contributed by atoms with van der Waals surface area (Å²) in [6, 6.07) is 5.99. The summed E-state index contributed by atoms with van der Waals surface area (Å²) >= 11 is 3.49. The Morgan fingerprint density at radius 1 is 1.33 bits per heavy atom. The molecular formula is C14H21BrN2O. The number of nitrogens with one attached hydrogen (secondary N) is 1. The summed E-state index contributed by atoms with van der Waals surface area (Å²) < 4.78 is 1.05. The standard InChI is InChI=1S/C14H21BrN2O/c1-9(2)17(5)14(18)11(4)16-12-7-6-10(3)13(15)8-12/h6-9,11,16H,1-5H3/t11-/m0/s1. The van der Waals surface area contributed by atoms with Gasteiger partial charge in [0.25, 0.3) is 0 Å². The molecule has 1 N–H and O–H groups in total. The van der Waals surface area contributed by atoms with Crippen molar-refractivity contribution in [1.82, 2.24) is 4.90 Å². The zero-order chi connectivity index (χ0) is 13.9. The predicted octanol–water partition coefficient (Wildman–Crippen LogP) is 3.42. The molecule has 0 saturated heterocycles. The molecule has 1 amide bonds. The van der Waals surface area contributed by atoms with Crippen LogP contribution in [0.2, 0.25) is 0 Å². The largest absolute Gasteiger partial charge is 0.374 e. The Labute approximate surface area is 118 Å². The van der Waals surface area contributed by atoms with E-state index in [4.69, 9.17) is 0 Å². The first-order chi connectivity index (χ1) is 8.32. The number of hydrogen-bond acceptors (Lipinski definition) is 2. The molecule has 0 unspecified atom stereocenters. The van der Waals surface area contributed by atoms with Gasteiger partial charge < -0.3 is 10.2 Å². The Kier molecular flexibility index (Phi) is 5.20. The van der Waals surface area contributed by atoms with E-state index in [-0.39, 0.29) is 18.0 Å². The van der Waals surface area contributed by atoms with E-state index in [0.717, 1.165) is 10.2 Å². The van der Waals surface area contributed by atoms with Crippen molar-refractivity contribution in [2.75, 3.05) is 12.4 Å². The molecular weight excluding hydrogens is 292 g/mol. The molecule has 0 heterocycles. The maximum atomic E-state index is 12.1. The van der Waals surface area contributed by atoms with Crippen LogP contribution >= 0.6 is 15.9 Å². The minimum absolute atomic E-state index is 0.0988. The number of carbonyl (C=O) groups is 1. The summed E-state index contributed by atoms with van der Waals surface area (Å²) in [5, 5.41) is 3.22. The lowest BCUT2D eigenvalue weighted by atomic mass is 10.2. The lowest BCUT2D eigenvalue weighted by molar-refractivity contribution is -0.131. The van der Waals surface area contributed by atoms with E-state index in [1.807, 2.05) is 52.9 Å². The molecule has 1 atom stereocenters. The van der Waals surface area contributed by atoms with Crippen LogP contribution in [0.4, 0.5) is 5.69 Å². The minimum Gasteiger partial charge on any atom is -0.374 e.